The van der Waals surface area contributed by atoms with Gasteiger partial charge < -0.3 is 4.74 Å². The minimum absolute atomic E-state index is 0.168. The van der Waals surface area contributed by atoms with Crippen molar-refractivity contribution in [3.05, 3.63) is 29.8 Å². The Morgan fingerprint density at radius 2 is 2.06 bits per heavy atom. The topological polar surface area (TPSA) is 64.6 Å². The maximum absolute atomic E-state index is 11.7. The summed E-state index contributed by atoms with van der Waals surface area (Å²) in [6, 6.07) is 6.58. The summed E-state index contributed by atoms with van der Waals surface area (Å²) in [7, 11) is -2.08. The molecule has 0 amide bonds. The lowest BCUT2D eigenvalue weighted by Crippen LogP contribution is -2.25. The molecule has 0 saturated heterocycles. The van der Waals surface area contributed by atoms with Crippen molar-refractivity contribution in [3.63, 3.8) is 0 Å². The number of ether oxygens (including phenoxy) is 1. The van der Waals surface area contributed by atoms with E-state index in [0.29, 0.717) is 6.61 Å². The minimum atomic E-state index is -3.59. The highest BCUT2D eigenvalue weighted by Gasteiger charge is 2.13. The van der Waals surface area contributed by atoms with Gasteiger partial charge >= 0.3 is 0 Å². The van der Waals surface area contributed by atoms with E-state index >= 15 is 0 Å². The number of hydrogen-bond acceptors (Lipinski definition) is 4. The summed E-state index contributed by atoms with van der Waals surface area (Å²) in [5.74, 6) is 0. The van der Waals surface area contributed by atoms with Crippen LogP contribution in [0, 0.1) is 6.92 Å². The maximum Gasteiger partial charge on any atom is 0.262 e. The molecule has 90 valence electrons. The Morgan fingerprint density at radius 3 is 2.69 bits per heavy atom. The van der Waals surface area contributed by atoms with Crippen molar-refractivity contribution in [1.82, 2.24) is 4.89 Å². The highest BCUT2D eigenvalue weighted by molar-refractivity contribution is 7.89. The van der Waals surface area contributed by atoms with E-state index in [4.69, 9.17) is 9.57 Å². The molecule has 1 aromatic carbocycles. The third-order valence-electron chi connectivity index (χ3n) is 1.86. The third-order valence-corrected chi connectivity index (χ3v) is 3.07. The summed E-state index contributed by atoms with van der Waals surface area (Å²) in [5, 5.41) is 0. The summed E-state index contributed by atoms with van der Waals surface area (Å²) in [5.41, 5.74) is 0.875. The lowest BCUT2D eigenvalue weighted by atomic mass is 10.2. The van der Waals surface area contributed by atoms with Crippen molar-refractivity contribution >= 4 is 10.0 Å². The van der Waals surface area contributed by atoms with Gasteiger partial charge in [0.1, 0.15) is 0 Å². The molecule has 0 atom stereocenters. The van der Waals surface area contributed by atoms with E-state index in [0.717, 1.165) is 5.56 Å². The van der Waals surface area contributed by atoms with Gasteiger partial charge in [-0.1, -0.05) is 17.0 Å². The zero-order chi connectivity index (χ0) is 12.0. The van der Waals surface area contributed by atoms with Crippen molar-refractivity contribution in [2.45, 2.75) is 11.8 Å². The van der Waals surface area contributed by atoms with Crippen LogP contribution in [0.2, 0.25) is 0 Å². The first kappa shape index (κ1) is 13.1. The van der Waals surface area contributed by atoms with Crippen LogP contribution in [0.1, 0.15) is 5.56 Å². The molecule has 0 aliphatic heterocycles. The molecule has 0 unspecified atom stereocenters. The van der Waals surface area contributed by atoms with Gasteiger partial charge in [-0.25, -0.2) is 8.42 Å². The van der Waals surface area contributed by atoms with E-state index in [1.54, 1.807) is 12.1 Å². The molecule has 0 fully saturated rings. The van der Waals surface area contributed by atoms with E-state index in [2.05, 4.69) is 0 Å². The molecule has 0 radical (unpaired) electrons. The molecular weight excluding hydrogens is 230 g/mol. The third kappa shape index (κ3) is 3.90. The number of rotatable bonds is 6. The summed E-state index contributed by atoms with van der Waals surface area (Å²) in [4.78, 5) is 6.98. The number of sulfonamides is 1. The van der Waals surface area contributed by atoms with Gasteiger partial charge in [-0.15, -0.1) is 0 Å². The van der Waals surface area contributed by atoms with Crippen LogP contribution in [0.25, 0.3) is 0 Å². The summed E-state index contributed by atoms with van der Waals surface area (Å²) in [6.07, 6.45) is 0. The molecular formula is C10H15NO4S. The van der Waals surface area contributed by atoms with E-state index in [-0.39, 0.29) is 11.5 Å². The Labute approximate surface area is 95.4 Å². The van der Waals surface area contributed by atoms with Gasteiger partial charge in [0.25, 0.3) is 10.0 Å². The van der Waals surface area contributed by atoms with Gasteiger partial charge in [0, 0.05) is 7.11 Å². The number of hydrogen-bond donors (Lipinski definition) is 1. The molecule has 5 nitrogen and oxygen atoms in total. The Morgan fingerprint density at radius 1 is 1.31 bits per heavy atom. The van der Waals surface area contributed by atoms with Crippen molar-refractivity contribution < 1.29 is 18.0 Å². The van der Waals surface area contributed by atoms with E-state index < -0.39 is 10.0 Å². The standard InChI is InChI=1S/C10H15NO4S/c1-9-4-3-5-10(8-9)16(12,13)11-15-7-6-14-2/h3-5,8,11H,6-7H2,1-2H3. The number of benzene rings is 1. The van der Waals surface area contributed by atoms with Gasteiger partial charge in [0.2, 0.25) is 0 Å². The molecule has 0 saturated carbocycles. The quantitative estimate of drug-likeness (QED) is 0.596. The van der Waals surface area contributed by atoms with Crippen LogP contribution >= 0.6 is 0 Å². The van der Waals surface area contributed by atoms with Crippen LogP contribution in [0.3, 0.4) is 0 Å². The SMILES string of the molecule is COCCONS(=O)(=O)c1cccc(C)c1. The molecule has 6 heteroatoms. The Balaban J connectivity index is 2.64. The average molecular weight is 245 g/mol. The molecule has 0 heterocycles. The van der Waals surface area contributed by atoms with Crippen molar-refractivity contribution in [2.24, 2.45) is 0 Å². The summed E-state index contributed by atoms with van der Waals surface area (Å²) >= 11 is 0. The van der Waals surface area contributed by atoms with Crippen molar-refractivity contribution in [1.29, 1.82) is 0 Å². The number of methoxy groups -OCH3 is 1. The van der Waals surface area contributed by atoms with Crippen LogP contribution in [-0.2, 0) is 19.6 Å². The van der Waals surface area contributed by atoms with Gasteiger partial charge in [-0.2, -0.15) is 0 Å². The second kappa shape index (κ2) is 5.95. The molecule has 16 heavy (non-hydrogen) atoms. The molecule has 1 aromatic rings. The van der Waals surface area contributed by atoms with Gasteiger partial charge in [0.15, 0.2) is 0 Å². The molecule has 0 spiro atoms. The lowest BCUT2D eigenvalue weighted by molar-refractivity contribution is 0.0438. The first-order valence-electron chi connectivity index (χ1n) is 4.75. The van der Waals surface area contributed by atoms with Crippen molar-refractivity contribution in [2.75, 3.05) is 20.3 Å². The highest BCUT2D eigenvalue weighted by Crippen LogP contribution is 2.10. The molecule has 0 aliphatic carbocycles. The van der Waals surface area contributed by atoms with Crippen LogP contribution < -0.4 is 4.89 Å². The normalized spacial score (nSPS) is 11.6. The Hall–Kier alpha value is -0.950. The minimum Gasteiger partial charge on any atom is -0.382 e. The largest absolute Gasteiger partial charge is 0.382 e. The van der Waals surface area contributed by atoms with Gasteiger partial charge in [-0.3, -0.25) is 4.84 Å². The highest BCUT2D eigenvalue weighted by atomic mass is 32.2. The average Bonchev–Trinajstić information content (AvgIpc) is 2.24. The van der Waals surface area contributed by atoms with Crippen LogP contribution in [0.15, 0.2) is 29.2 Å². The lowest BCUT2D eigenvalue weighted by Gasteiger charge is -2.07. The van der Waals surface area contributed by atoms with Crippen LogP contribution in [-0.4, -0.2) is 28.7 Å². The van der Waals surface area contributed by atoms with E-state index in [1.807, 2.05) is 17.9 Å². The predicted octanol–water partition coefficient (Wildman–Crippen LogP) is 0.851. The molecule has 0 bridgehead atoms. The number of aryl methyl sites for hydroxylation is 1. The van der Waals surface area contributed by atoms with Crippen LogP contribution in [0.5, 0.6) is 0 Å². The van der Waals surface area contributed by atoms with Gasteiger partial charge in [0.05, 0.1) is 18.1 Å². The monoisotopic (exact) mass is 245 g/mol. The second-order valence-electron chi connectivity index (χ2n) is 3.24. The van der Waals surface area contributed by atoms with Crippen LogP contribution in [0.4, 0.5) is 0 Å². The van der Waals surface area contributed by atoms with Crippen molar-refractivity contribution in [3.8, 4) is 0 Å². The second-order valence-corrected chi connectivity index (χ2v) is 4.89. The van der Waals surface area contributed by atoms with E-state index in [1.165, 1.54) is 13.2 Å². The fourth-order valence-corrected chi connectivity index (χ4v) is 2.01. The summed E-state index contributed by atoms with van der Waals surface area (Å²) < 4.78 is 28.1. The Kier molecular flexibility index (Phi) is 4.88. The maximum atomic E-state index is 11.7. The fourth-order valence-electron chi connectivity index (χ4n) is 1.07. The molecule has 0 aromatic heterocycles. The number of nitrogens with one attached hydrogen (secondary N) is 1. The molecule has 1 N–H and O–H groups in total. The first-order valence-corrected chi connectivity index (χ1v) is 6.24. The zero-order valence-electron chi connectivity index (χ0n) is 9.26. The predicted molar refractivity (Wildman–Crippen MR) is 59.3 cm³/mol. The summed E-state index contributed by atoms with van der Waals surface area (Å²) in [6.45, 7) is 2.32. The zero-order valence-corrected chi connectivity index (χ0v) is 10.1. The van der Waals surface area contributed by atoms with Gasteiger partial charge in [-0.05, 0) is 24.6 Å². The van der Waals surface area contributed by atoms with E-state index in [9.17, 15) is 8.42 Å². The molecule has 0 aliphatic rings. The molecule has 1 rings (SSSR count). The Bertz CT molecular complexity index is 430. The first-order chi connectivity index (χ1) is 7.56. The fraction of sp³-hybridized carbons (Fsp3) is 0.400. The smallest absolute Gasteiger partial charge is 0.262 e.